The molecule has 3 rings (SSSR count). The van der Waals surface area contributed by atoms with E-state index in [0.717, 1.165) is 25.0 Å². The minimum Gasteiger partial charge on any atom is -0.489 e. The Hall–Kier alpha value is -2.67. The van der Waals surface area contributed by atoms with Crippen LogP contribution < -0.4 is 15.4 Å². The molecule has 1 aliphatic heterocycles. The fourth-order valence-corrected chi connectivity index (χ4v) is 2.53. The molecule has 0 radical (unpaired) electrons. The van der Waals surface area contributed by atoms with E-state index in [1.807, 2.05) is 0 Å². The van der Waals surface area contributed by atoms with Crippen molar-refractivity contribution < 1.29 is 18.7 Å². The Kier molecular flexibility index (Phi) is 5.79. The van der Waals surface area contributed by atoms with E-state index in [0.29, 0.717) is 18.9 Å². The highest BCUT2D eigenvalue weighted by Crippen LogP contribution is 2.26. The van der Waals surface area contributed by atoms with Crippen LogP contribution in [0.4, 0.5) is 14.9 Å². The SMILES string of the molecule is O=C(NCc1ccncc1)Nc1cc(F)ccc1OC[C@H]1CCCO1. The molecular weight excluding hydrogens is 325 g/mol. The maximum atomic E-state index is 13.5. The highest BCUT2D eigenvalue weighted by Gasteiger charge is 2.17. The number of benzene rings is 1. The molecule has 1 atom stereocenters. The molecule has 6 nitrogen and oxygen atoms in total. The lowest BCUT2D eigenvalue weighted by Gasteiger charge is -2.15. The molecule has 25 heavy (non-hydrogen) atoms. The van der Waals surface area contributed by atoms with Gasteiger partial charge in [0, 0.05) is 31.6 Å². The predicted octanol–water partition coefficient (Wildman–Crippen LogP) is 3.10. The van der Waals surface area contributed by atoms with Crippen molar-refractivity contribution in [1.82, 2.24) is 10.3 Å². The first-order chi connectivity index (χ1) is 12.2. The molecule has 0 spiro atoms. The van der Waals surface area contributed by atoms with E-state index in [1.165, 1.54) is 18.2 Å². The molecule has 0 bridgehead atoms. The van der Waals surface area contributed by atoms with Crippen LogP contribution in [-0.4, -0.2) is 30.3 Å². The van der Waals surface area contributed by atoms with Gasteiger partial charge in [-0.15, -0.1) is 0 Å². The van der Waals surface area contributed by atoms with Crippen LogP contribution in [0.15, 0.2) is 42.7 Å². The molecule has 0 saturated carbocycles. The lowest BCUT2D eigenvalue weighted by molar-refractivity contribution is 0.0682. The van der Waals surface area contributed by atoms with Gasteiger partial charge in [-0.25, -0.2) is 9.18 Å². The average molecular weight is 345 g/mol. The highest BCUT2D eigenvalue weighted by atomic mass is 19.1. The molecule has 1 saturated heterocycles. The third-order valence-electron chi connectivity index (χ3n) is 3.84. The summed E-state index contributed by atoms with van der Waals surface area (Å²) in [6, 6.07) is 7.20. The van der Waals surface area contributed by atoms with Gasteiger partial charge >= 0.3 is 6.03 Å². The van der Waals surface area contributed by atoms with Gasteiger partial charge in [0.15, 0.2) is 0 Å². The summed E-state index contributed by atoms with van der Waals surface area (Å²) >= 11 is 0. The number of anilines is 1. The number of rotatable bonds is 6. The third-order valence-corrected chi connectivity index (χ3v) is 3.84. The number of pyridine rings is 1. The van der Waals surface area contributed by atoms with Crippen LogP contribution in [0.2, 0.25) is 0 Å². The monoisotopic (exact) mass is 345 g/mol. The Labute approximate surface area is 145 Å². The molecule has 7 heteroatoms. The number of halogens is 1. The van der Waals surface area contributed by atoms with E-state index < -0.39 is 11.8 Å². The first kappa shape index (κ1) is 17.2. The average Bonchev–Trinajstić information content (AvgIpc) is 3.14. The quantitative estimate of drug-likeness (QED) is 0.844. The fourth-order valence-electron chi connectivity index (χ4n) is 2.53. The minimum atomic E-state index is -0.450. The molecular formula is C18H20FN3O3. The summed E-state index contributed by atoms with van der Waals surface area (Å²) in [6.07, 6.45) is 5.30. The molecule has 1 aromatic carbocycles. The second-order valence-corrected chi connectivity index (χ2v) is 5.75. The zero-order chi connectivity index (χ0) is 17.5. The van der Waals surface area contributed by atoms with Crippen molar-refractivity contribution in [1.29, 1.82) is 0 Å². The molecule has 132 valence electrons. The Balaban J connectivity index is 1.57. The number of nitrogens with one attached hydrogen (secondary N) is 2. The van der Waals surface area contributed by atoms with Crippen LogP contribution in [0.25, 0.3) is 0 Å². The van der Waals surface area contributed by atoms with E-state index in [9.17, 15) is 9.18 Å². The number of carbonyl (C=O) groups excluding carboxylic acids is 1. The number of aromatic nitrogens is 1. The van der Waals surface area contributed by atoms with Crippen molar-refractivity contribution in [2.24, 2.45) is 0 Å². The Morgan fingerprint density at radius 2 is 2.16 bits per heavy atom. The fraction of sp³-hybridized carbons (Fsp3) is 0.333. The molecule has 2 aromatic rings. The maximum Gasteiger partial charge on any atom is 0.319 e. The van der Waals surface area contributed by atoms with Crippen LogP contribution in [-0.2, 0) is 11.3 Å². The summed E-state index contributed by atoms with van der Waals surface area (Å²) < 4.78 is 24.7. The molecule has 1 aromatic heterocycles. The number of hydrogen-bond donors (Lipinski definition) is 2. The van der Waals surface area contributed by atoms with Gasteiger partial charge in [-0.05, 0) is 42.7 Å². The standard InChI is InChI=1S/C18H20FN3O3/c19-14-3-4-17(25-12-15-2-1-9-24-15)16(10-14)22-18(23)21-11-13-5-7-20-8-6-13/h3-8,10,15H,1-2,9,11-12H2,(H2,21,22,23)/t15-/m1/s1. The van der Waals surface area contributed by atoms with Crippen LogP contribution in [0, 0.1) is 5.82 Å². The van der Waals surface area contributed by atoms with Crippen molar-refractivity contribution >= 4 is 11.7 Å². The van der Waals surface area contributed by atoms with E-state index in [1.54, 1.807) is 24.5 Å². The molecule has 2 amide bonds. The van der Waals surface area contributed by atoms with Gasteiger partial charge in [-0.1, -0.05) is 0 Å². The lowest BCUT2D eigenvalue weighted by Crippen LogP contribution is -2.28. The Morgan fingerprint density at radius 1 is 1.32 bits per heavy atom. The third kappa shape index (κ3) is 5.15. The lowest BCUT2D eigenvalue weighted by atomic mass is 10.2. The summed E-state index contributed by atoms with van der Waals surface area (Å²) in [4.78, 5) is 16.0. The first-order valence-corrected chi connectivity index (χ1v) is 8.18. The Bertz CT molecular complexity index is 706. The van der Waals surface area contributed by atoms with E-state index in [2.05, 4.69) is 15.6 Å². The molecule has 1 fully saturated rings. The minimum absolute atomic E-state index is 0.0402. The summed E-state index contributed by atoms with van der Waals surface area (Å²) in [5.41, 5.74) is 1.20. The van der Waals surface area contributed by atoms with Gasteiger partial charge in [0.25, 0.3) is 0 Å². The van der Waals surface area contributed by atoms with Gasteiger partial charge in [0.1, 0.15) is 18.2 Å². The molecule has 0 unspecified atom stereocenters. The zero-order valence-corrected chi connectivity index (χ0v) is 13.7. The number of ether oxygens (including phenoxy) is 2. The Morgan fingerprint density at radius 3 is 2.92 bits per heavy atom. The first-order valence-electron chi connectivity index (χ1n) is 8.18. The van der Waals surface area contributed by atoms with Crippen molar-refractivity contribution in [3.05, 3.63) is 54.1 Å². The largest absolute Gasteiger partial charge is 0.489 e. The summed E-state index contributed by atoms with van der Waals surface area (Å²) in [5, 5.41) is 5.34. The summed E-state index contributed by atoms with van der Waals surface area (Å²) in [5.74, 6) is -0.0372. The van der Waals surface area contributed by atoms with Gasteiger partial charge in [0.2, 0.25) is 0 Å². The van der Waals surface area contributed by atoms with Crippen LogP contribution in [0.3, 0.4) is 0 Å². The number of nitrogens with zero attached hydrogens (tertiary/aromatic N) is 1. The number of urea groups is 1. The van der Waals surface area contributed by atoms with Crippen LogP contribution >= 0.6 is 0 Å². The number of amides is 2. The normalized spacial score (nSPS) is 16.4. The van der Waals surface area contributed by atoms with Crippen molar-refractivity contribution in [3.8, 4) is 5.75 Å². The maximum absolute atomic E-state index is 13.5. The van der Waals surface area contributed by atoms with Gasteiger partial charge in [-0.2, -0.15) is 0 Å². The molecule has 1 aliphatic rings. The highest BCUT2D eigenvalue weighted by molar-refractivity contribution is 5.90. The molecule has 2 heterocycles. The van der Waals surface area contributed by atoms with E-state index in [4.69, 9.17) is 9.47 Å². The van der Waals surface area contributed by atoms with Gasteiger partial charge in [0.05, 0.1) is 11.8 Å². The number of carbonyl (C=O) groups is 1. The zero-order valence-electron chi connectivity index (χ0n) is 13.7. The van der Waals surface area contributed by atoms with Crippen LogP contribution in [0.1, 0.15) is 18.4 Å². The molecule has 0 aliphatic carbocycles. The van der Waals surface area contributed by atoms with E-state index in [-0.39, 0.29) is 11.8 Å². The second kappa shape index (κ2) is 8.43. The van der Waals surface area contributed by atoms with Crippen molar-refractivity contribution in [3.63, 3.8) is 0 Å². The summed E-state index contributed by atoms with van der Waals surface area (Å²) in [6.45, 7) is 1.45. The smallest absolute Gasteiger partial charge is 0.319 e. The summed E-state index contributed by atoms with van der Waals surface area (Å²) in [7, 11) is 0. The van der Waals surface area contributed by atoms with Gasteiger partial charge < -0.3 is 20.1 Å². The van der Waals surface area contributed by atoms with Crippen molar-refractivity contribution in [2.75, 3.05) is 18.5 Å². The topological polar surface area (TPSA) is 72.5 Å². The van der Waals surface area contributed by atoms with Crippen LogP contribution in [0.5, 0.6) is 5.75 Å². The number of hydrogen-bond acceptors (Lipinski definition) is 4. The van der Waals surface area contributed by atoms with E-state index >= 15 is 0 Å². The van der Waals surface area contributed by atoms with Gasteiger partial charge in [-0.3, -0.25) is 4.98 Å². The van der Waals surface area contributed by atoms with Crippen molar-refractivity contribution in [2.45, 2.75) is 25.5 Å². The predicted molar refractivity (Wildman–Crippen MR) is 91.0 cm³/mol. The second-order valence-electron chi connectivity index (χ2n) is 5.75. The molecule has 2 N–H and O–H groups in total.